The van der Waals surface area contributed by atoms with E-state index in [2.05, 4.69) is 25.3 Å². The van der Waals surface area contributed by atoms with Crippen LogP contribution in [0.5, 0.6) is 5.88 Å². The van der Waals surface area contributed by atoms with Crippen LogP contribution in [0.4, 0.5) is 11.4 Å². The van der Waals surface area contributed by atoms with Crippen molar-refractivity contribution in [1.82, 2.24) is 19.7 Å². The number of aromatic amines is 1. The molecule has 3 aromatic rings. The minimum absolute atomic E-state index is 0.0497. The third kappa shape index (κ3) is 4.14. The number of H-pyrrole nitrogens is 1. The molecule has 30 heavy (non-hydrogen) atoms. The molecule has 12 heteroatoms. The summed E-state index contributed by atoms with van der Waals surface area (Å²) in [5.41, 5.74) is 1.84. The molecular formula is C18H20N6O5S. The van der Waals surface area contributed by atoms with Crippen molar-refractivity contribution < 1.29 is 17.7 Å². The number of ether oxygens (including phenoxy) is 1. The number of aromatic nitrogens is 4. The van der Waals surface area contributed by atoms with E-state index >= 15 is 0 Å². The Morgan fingerprint density at radius 2 is 1.83 bits per heavy atom. The van der Waals surface area contributed by atoms with Crippen LogP contribution in [0.1, 0.15) is 23.9 Å². The summed E-state index contributed by atoms with van der Waals surface area (Å²) in [5, 5.41) is 10.8. The van der Waals surface area contributed by atoms with E-state index in [1.807, 2.05) is 13.8 Å². The standard InChI is InChI=1S/C18H20N6O5S/c1-5-14-10(2)19-18(20-16(14)29-4)24-17(25)15(11(3)23-24)22-21-12-6-8-13(9-7-12)30(26,27)28/h6-9,23H,5H2,1-4H3,(H,26,27,28). The number of methoxy groups -OCH3 is 1. The highest BCUT2D eigenvalue weighted by Gasteiger charge is 2.18. The van der Waals surface area contributed by atoms with Crippen molar-refractivity contribution in [3.63, 3.8) is 0 Å². The molecule has 0 bridgehead atoms. The second-order valence-corrected chi connectivity index (χ2v) is 7.77. The Hall–Kier alpha value is -3.38. The molecule has 0 aliphatic carbocycles. The molecule has 1 aromatic carbocycles. The highest BCUT2D eigenvalue weighted by Crippen LogP contribution is 2.22. The third-order valence-electron chi connectivity index (χ3n) is 4.35. The lowest BCUT2D eigenvalue weighted by molar-refractivity contribution is 0.389. The molecule has 0 amide bonds. The molecule has 0 spiro atoms. The van der Waals surface area contributed by atoms with Gasteiger partial charge in [-0.2, -0.15) is 23.2 Å². The van der Waals surface area contributed by atoms with Crippen LogP contribution >= 0.6 is 0 Å². The zero-order valence-electron chi connectivity index (χ0n) is 16.7. The number of nitrogens with zero attached hydrogens (tertiary/aromatic N) is 5. The van der Waals surface area contributed by atoms with Crippen LogP contribution in [-0.4, -0.2) is 39.8 Å². The van der Waals surface area contributed by atoms with Crippen molar-refractivity contribution in [2.24, 2.45) is 10.2 Å². The maximum Gasteiger partial charge on any atom is 0.301 e. The summed E-state index contributed by atoms with van der Waals surface area (Å²) in [4.78, 5) is 21.2. The van der Waals surface area contributed by atoms with Gasteiger partial charge in [-0.1, -0.05) is 6.92 Å². The lowest BCUT2D eigenvalue weighted by Crippen LogP contribution is -2.18. The largest absolute Gasteiger partial charge is 0.481 e. The number of benzene rings is 1. The van der Waals surface area contributed by atoms with Gasteiger partial charge in [0.25, 0.3) is 16.1 Å². The highest BCUT2D eigenvalue weighted by atomic mass is 32.2. The fraction of sp³-hybridized carbons (Fsp3) is 0.278. The SMILES string of the molecule is CCc1c(C)nc(-n2[nH]c(C)c(N=Nc3ccc(S(=O)(=O)O)cc3)c2=O)nc1OC. The molecule has 0 atom stereocenters. The molecule has 158 valence electrons. The van der Waals surface area contributed by atoms with E-state index in [9.17, 15) is 13.2 Å². The Morgan fingerprint density at radius 1 is 1.17 bits per heavy atom. The Bertz CT molecular complexity index is 1280. The lowest BCUT2D eigenvalue weighted by Gasteiger charge is -2.10. The van der Waals surface area contributed by atoms with Gasteiger partial charge in [0, 0.05) is 11.3 Å². The summed E-state index contributed by atoms with van der Waals surface area (Å²) >= 11 is 0. The fourth-order valence-corrected chi connectivity index (χ4v) is 3.30. The van der Waals surface area contributed by atoms with Crippen LogP contribution in [0.15, 0.2) is 44.2 Å². The second kappa shape index (κ2) is 8.16. The molecule has 0 radical (unpaired) electrons. The van der Waals surface area contributed by atoms with Crippen molar-refractivity contribution >= 4 is 21.5 Å². The predicted molar refractivity (Wildman–Crippen MR) is 108 cm³/mol. The number of hydrogen-bond donors (Lipinski definition) is 2. The third-order valence-corrected chi connectivity index (χ3v) is 5.22. The maximum absolute atomic E-state index is 12.8. The van der Waals surface area contributed by atoms with Crippen LogP contribution in [0.25, 0.3) is 5.95 Å². The van der Waals surface area contributed by atoms with Gasteiger partial charge in [-0.15, -0.1) is 5.11 Å². The number of hydrogen-bond acceptors (Lipinski definition) is 8. The van der Waals surface area contributed by atoms with Crippen molar-refractivity contribution in [2.45, 2.75) is 32.1 Å². The molecule has 0 unspecified atom stereocenters. The van der Waals surface area contributed by atoms with Crippen LogP contribution in [0.2, 0.25) is 0 Å². The second-order valence-electron chi connectivity index (χ2n) is 6.35. The summed E-state index contributed by atoms with van der Waals surface area (Å²) in [5.74, 6) is 0.509. The van der Waals surface area contributed by atoms with E-state index in [0.717, 1.165) is 10.2 Å². The normalized spacial score (nSPS) is 11.9. The van der Waals surface area contributed by atoms with E-state index in [0.29, 0.717) is 29.4 Å². The quantitative estimate of drug-likeness (QED) is 0.449. The zero-order chi connectivity index (χ0) is 22.1. The fourth-order valence-electron chi connectivity index (χ4n) is 2.82. The van der Waals surface area contributed by atoms with Crippen LogP contribution in [0, 0.1) is 13.8 Å². The van der Waals surface area contributed by atoms with E-state index in [1.165, 1.54) is 31.4 Å². The van der Waals surface area contributed by atoms with Crippen molar-refractivity contribution in [1.29, 1.82) is 0 Å². The van der Waals surface area contributed by atoms with Gasteiger partial charge in [0.2, 0.25) is 5.88 Å². The lowest BCUT2D eigenvalue weighted by atomic mass is 10.2. The first-order valence-corrected chi connectivity index (χ1v) is 10.3. The first-order chi connectivity index (χ1) is 14.2. The Kier molecular flexibility index (Phi) is 5.80. The maximum atomic E-state index is 12.8. The van der Waals surface area contributed by atoms with Crippen molar-refractivity contribution in [3.8, 4) is 11.8 Å². The molecular weight excluding hydrogens is 412 g/mol. The van der Waals surface area contributed by atoms with Gasteiger partial charge in [0.05, 0.1) is 23.4 Å². The Morgan fingerprint density at radius 3 is 2.40 bits per heavy atom. The molecule has 0 aliphatic heterocycles. The smallest absolute Gasteiger partial charge is 0.301 e. The van der Waals surface area contributed by atoms with Crippen LogP contribution in [0.3, 0.4) is 0 Å². The van der Waals surface area contributed by atoms with Gasteiger partial charge < -0.3 is 4.74 Å². The first-order valence-electron chi connectivity index (χ1n) is 8.88. The molecule has 2 heterocycles. The summed E-state index contributed by atoms with van der Waals surface area (Å²) in [6.45, 7) is 5.42. The summed E-state index contributed by atoms with van der Waals surface area (Å²) in [6.07, 6.45) is 0.684. The minimum atomic E-state index is -4.30. The highest BCUT2D eigenvalue weighted by molar-refractivity contribution is 7.85. The number of azo groups is 1. The van der Waals surface area contributed by atoms with Gasteiger partial charge in [0.15, 0.2) is 5.69 Å². The summed E-state index contributed by atoms with van der Waals surface area (Å²) in [7, 11) is -2.80. The van der Waals surface area contributed by atoms with Gasteiger partial charge in [-0.05, 0) is 44.5 Å². The van der Waals surface area contributed by atoms with Gasteiger partial charge in [-0.25, -0.2) is 4.98 Å². The summed E-state index contributed by atoms with van der Waals surface area (Å²) < 4.78 is 37.7. The molecule has 11 nitrogen and oxygen atoms in total. The average Bonchev–Trinajstić information content (AvgIpc) is 2.99. The Balaban J connectivity index is 1.98. The van der Waals surface area contributed by atoms with E-state index in [-0.39, 0.29) is 16.5 Å². The molecule has 0 aliphatic rings. The number of rotatable bonds is 6. The molecule has 2 aromatic heterocycles. The zero-order valence-corrected chi connectivity index (χ0v) is 17.6. The molecule has 0 saturated heterocycles. The molecule has 2 N–H and O–H groups in total. The van der Waals surface area contributed by atoms with Crippen LogP contribution < -0.4 is 10.3 Å². The predicted octanol–water partition coefficient (Wildman–Crippen LogP) is 2.81. The van der Waals surface area contributed by atoms with Gasteiger partial charge in [-0.3, -0.25) is 14.4 Å². The van der Waals surface area contributed by atoms with Gasteiger partial charge in [0.1, 0.15) is 0 Å². The first kappa shape index (κ1) is 21.3. The molecule has 0 saturated carbocycles. The van der Waals surface area contributed by atoms with E-state index in [4.69, 9.17) is 9.29 Å². The average molecular weight is 432 g/mol. The topological polar surface area (TPSA) is 152 Å². The van der Waals surface area contributed by atoms with Crippen molar-refractivity contribution in [2.75, 3.05) is 7.11 Å². The van der Waals surface area contributed by atoms with Crippen molar-refractivity contribution in [3.05, 3.63) is 51.6 Å². The summed E-state index contributed by atoms with van der Waals surface area (Å²) in [6, 6.07) is 5.08. The van der Waals surface area contributed by atoms with E-state index in [1.54, 1.807) is 6.92 Å². The Labute approximate surface area is 172 Å². The number of nitrogens with one attached hydrogen (secondary N) is 1. The van der Waals surface area contributed by atoms with Crippen LogP contribution in [-0.2, 0) is 16.5 Å². The number of aryl methyl sites for hydroxylation is 2. The molecule has 3 rings (SSSR count). The molecule has 0 fully saturated rings. The van der Waals surface area contributed by atoms with Gasteiger partial charge >= 0.3 is 5.56 Å². The van der Waals surface area contributed by atoms with E-state index < -0.39 is 15.7 Å². The minimum Gasteiger partial charge on any atom is -0.481 e. The monoisotopic (exact) mass is 432 g/mol.